The average molecular weight is 434 g/mol. The monoisotopic (exact) mass is 433 g/mol. The lowest BCUT2D eigenvalue weighted by atomic mass is 10.1. The molecule has 12 heteroatoms. The van der Waals surface area contributed by atoms with E-state index in [1.165, 1.54) is 18.5 Å². The SMILES string of the molecule is O=C(Nc1cnn(COCC(F)(F)F)c1)c1cc(-c2ccc(Cl)c(Cl)c2)n[nH]1. The molecule has 0 saturated heterocycles. The second-order valence-corrected chi connectivity index (χ2v) is 6.43. The molecule has 0 aliphatic carbocycles. The number of anilines is 1. The van der Waals surface area contributed by atoms with Gasteiger partial charge in [0.05, 0.1) is 33.8 Å². The minimum atomic E-state index is -4.42. The summed E-state index contributed by atoms with van der Waals surface area (Å²) in [7, 11) is 0. The molecule has 0 aliphatic rings. The predicted molar refractivity (Wildman–Crippen MR) is 96.2 cm³/mol. The molecule has 3 rings (SSSR count). The predicted octanol–water partition coefficient (Wildman–Crippen LogP) is 4.37. The highest BCUT2D eigenvalue weighted by Crippen LogP contribution is 2.27. The molecule has 0 bridgehead atoms. The fourth-order valence-corrected chi connectivity index (χ4v) is 2.49. The highest BCUT2D eigenvalue weighted by atomic mass is 35.5. The van der Waals surface area contributed by atoms with Crippen LogP contribution in [0.25, 0.3) is 11.3 Å². The molecular weight excluding hydrogens is 422 g/mol. The first-order valence-corrected chi connectivity index (χ1v) is 8.46. The standard InChI is InChI=1S/C16H12Cl2F3N5O2/c17-11-2-1-9(3-12(11)18)13-4-14(25-24-13)15(27)23-10-5-22-26(6-10)8-28-7-16(19,20)21/h1-6H,7-8H2,(H,23,27)(H,24,25). The lowest BCUT2D eigenvalue weighted by Gasteiger charge is -2.07. The third kappa shape index (κ3) is 5.24. The number of carbonyl (C=O) groups is 1. The van der Waals surface area contributed by atoms with Gasteiger partial charge >= 0.3 is 6.18 Å². The maximum absolute atomic E-state index is 12.3. The summed E-state index contributed by atoms with van der Waals surface area (Å²) >= 11 is 11.8. The van der Waals surface area contributed by atoms with Gasteiger partial charge in [0.15, 0.2) is 0 Å². The van der Waals surface area contributed by atoms with Crippen LogP contribution in [0.1, 0.15) is 10.5 Å². The second kappa shape index (κ2) is 8.21. The van der Waals surface area contributed by atoms with Gasteiger partial charge in [0, 0.05) is 5.56 Å². The summed E-state index contributed by atoms with van der Waals surface area (Å²) in [4.78, 5) is 12.3. The summed E-state index contributed by atoms with van der Waals surface area (Å²) < 4.78 is 41.8. The molecule has 0 unspecified atom stereocenters. The Kier molecular flexibility index (Phi) is 5.92. The van der Waals surface area contributed by atoms with E-state index in [0.29, 0.717) is 21.3 Å². The van der Waals surface area contributed by atoms with Crippen molar-refractivity contribution in [2.45, 2.75) is 12.9 Å². The van der Waals surface area contributed by atoms with Crippen LogP contribution in [0.5, 0.6) is 0 Å². The van der Waals surface area contributed by atoms with Crippen molar-refractivity contribution in [2.75, 3.05) is 11.9 Å². The van der Waals surface area contributed by atoms with E-state index in [4.69, 9.17) is 23.2 Å². The molecule has 7 nitrogen and oxygen atoms in total. The molecule has 0 aliphatic heterocycles. The Morgan fingerprint density at radius 3 is 2.75 bits per heavy atom. The van der Waals surface area contributed by atoms with Crippen molar-refractivity contribution in [1.29, 1.82) is 0 Å². The summed E-state index contributed by atoms with van der Waals surface area (Å²) in [6.45, 7) is -1.79. The second-order valence-electron chi connectivity index (χ2n) is 5.61. The normalized spacial score (nSPS) is 11.6. The summed E-state index contributed by atoms with van der Waals surface area (Å²) in [5.74, 6) is -0.505. The maximum atomic E-state index is 12.3. The number of carbonyl (C=O) groups excluding carboxylic acids is 1. The summed E-state index contributed by atoms with van der Waals surface area (Å²) in [6, 6.07) is 6.46. The number of amides is 1. The molecule has 0 radical (unpaired) electrons. The number of aromatic amines is 1. The molecule has 0 saturated carbocycles. The molecule has 148 valence electrons. The number of alkyl halides is 3. The molecule has 3 aromatic rings. The van der Waals surface area contributed by atoms with Gasteiger partial charge in [0.2, 0.25) is 0 Å². The number of H-pyrrole nitrogens is 1. The van der Waals surface area contributed by atoms with Gasteiger partial charge in [-0.05, 0) is 18.2 Å². The van der Waals surface area contributed by atoms with E-state index in [0.717, 1.165) is 4.68 Å². The van der Waals surface area contributed by atoms with Gasteiger partial charge in [-0.2, -0.15) is 23.4 Å². The van der Waals surface area contributed by atoms with Gasteiger partial charge in [-0.1, -0.05) is 29.3 Å². The smallest absolute Gasteiger partial charge is 0.350 e. The first kappa shape index (κ1) is 20.2. The number of nitrogens with one attached hydrogen (secondary N) is 2. The number of ether oxygens (including phenoxy) is 1. The van der Waals surface area contributed by atoms with Crippen molar-refractivity contribution >= 4 is 34.8 Å². The van der Waals surface area contributed by atoms with E-state index in [2.05, 4.69) is 25.3 Å². The van der Waals surface area contributed by atoms with Gasteiger partial charge in [-0.25, -0.2) is 4.68 Å². The van der Waals surface area contributed by atoms with Gasteiger partial charge in [-0.3, -0.25) is 9.89 Å². The zero-order valence-corrected chi connectivity index (χ0v) is 15.4. The van der Waals surface area contributed by atoms with E-state index in [-0.39, 0.29) is 11.4 Å². The first-order valence-electron chi connectivity index (χ1n) is 7.70. The van der Waals surface area contributed by atoms with E-state index < -0.39 is 25.4 Å². The van der Waals surface area contributed by atoms with Crippen molar-refractivity contribution in [3.05, 3.63) is 52.4 Å². The Hall–Kier alpha value is -2.56. The zero-order chi connectivity index (χ0) is 20.3. The third-order valence-electron chi connectivity index (χ3n) is 3.42. The molecule has 2 N–H and O–H groups in total. The van der Waals surface area contributed by atoms with Gasteiger partial charge in [0.25, 0.3) is 5.91 Å². The number of rotatable bonds is 6. The maximum Gasteiger partial charge on any atom is 0.411 e. The van der Waals surface area contributed by atoms with Crippen LogP contribution >= 0.6 is 23.2 Å². The largest absolute Gasteiger partial charge is 0.411 e. The van der Waals surface area contributed by atoms with Crippen molar-refractivity contribution in [3.8, 4) is 11.3 Å². The van der Waals surface area contributed by atoms with Crippen LogP contribution in [0.4, 0.5) is 18.9 Å². The van der Waals surface area contributed by atoms with Crippen molar-refractivity contribution in [3.63, 3.8) is 0 Å². The van der Waals surface area contributed by atoms with E-state index in [9.17, 15) is 18.0 Å². The molecule has 28 heavy (non-hydrogen) atoms. The van der Waals surface area contributed by atoms with Crippen LogP contribution in [0, 0.1) is 0 Å². The van der Waals surface area contributed by atoms with Crippen LogP contribution in [0.15, 0.2) is 36.7 Å². The molecule has 0 spiro atoms. The van der Waals surface area contributed by atoms with Crippen LogP contribution < -0.4 is 5.32 Å². The van der Waals surface area contributed by atoms with Crippen LogP contribution in [-0.2, 0) is 11.5 Å². The Bertz CT molecular complexity index is 987. The average Bonchev–Trinajstić information content (AvgIpc) is 3.26. The highest BCUT2D eigenvalue weighted by molar-refractivity contribution is 6.42. The number of halogens is 5. The van der Waals surface area contributed by atoms with E-state index in [1.807, 2.05) is 0 Å². The highest BCUT2D eigenvalue weighted by Gasteiger charge is 2.27. The number of hydrogen-bond acceptors (Lipinski definition) is 4. The van der Waals surface area contributed by atoms with Gasteiger partial charge < -0.3 is 10.1 Å². The third-order valence-corrected chi connectivity index (χ3v) is 4.16. The number of nitrogens with zero attached hydrogens (tertiary/aromatic N) is 3. The molecule has 0 atom stereocenters. The van der Waals surface area contributed by atoms with Gasteiger partial charge in [-0.15, -0.1) is 0 Å². The lowest BCUT2D eigenvalue weighted by Crippen LogP contribution is -2.18. The molecule has 1 aromatic carbocycles. The number of benzene rings is 1. The lowest BCUT2D eigenvalue weighted by molar-refractivity contribution is -0.182. The minimum absolute atomic E-state index is 0.169. The Morgan fingerprint density at radius 1 is 1.25 bits per heavy atom. The Balaban J connectivity index is 1.61. The molecular formula is C16H12Cl2F3N5O2. The van der Waals surface area contributed by atoms with Crippen LogP contribution in [0.3, 0.4) is 0 Å². The van der Waals surface area contributed by atoms with Crippen molar-refractivity contribution < 1.29 is 22.7 Å². The van der Waals surface area contributed by atoms with Gasteiger partial charge in [0.1, 0.15) is 19.0 Å². The van der Waals surface area contributed by atoms with Crippen LogP contribution in [0.2, 0.25) is 10.0 Å². The van der Waals surface area contributed by atoms with E-state index >= 15 is 0 Å². The van der Waals surface area contributed by atoms with Crippen molar-refractivity contribution in [2.24, 2.45) is 0 Å². The minimum Gasteiger partial charge on any atom is -0.350 e. The molecule has 0 fully saturated rings. The van der Waals surface area contributed by atoms with Crippen molar-refractivity contribution in [1.82, 2.24) is 20.0 Å². The van der Waals surface area contributed by atoms with E-state index in [1.54, 1.807) is 18.2 Å². The fourth-order valence-electron chi connectivity index (χ4n) is 2.19. The molecule has 2 aromatic heterocycles. The quantitative estimate of drug-likeness (QED) is 0.604. The Labute approximate surface area is 166 Å². The topological polar surface area (TPSA) is 84.8 Å². The summed E-state index contributed by atoms with van der Waals surface area (Å²) in [6.07, 6.45) is -1.80. The fraction of sp³-hybridized carbons (Fsp3) is 0.188. The summed E-state index contributed by atoms with van der Waals surface area (Å²) in [5, 5.41) is 13.8. The van der Waals surface area contributed by atoms with Crippen LogP contribution in [-0.4, -0.2) is 38.7 Å². The number of aromatic nitrogens is 4. The molecule has 1 amide bonds. The number of hydrogen-bond donors (Lipinski definition) is 2. The summed E-state index contributed by atoms with van der Waals surface area (Å²) in [5.41, 5.74) is 1.60. The first-order chi connectivity index (χ1) is 13.2. The molecule has 2 heterocycles. The Morgan fingerprint density at radius 2 is 2.04 bits per heavy atom. The zero-order valence-electron chi connectivity index (χ0n) is 13.9.